The Bertz CT molecular complexity index is 1120. The highest BCUT2D eigenvalue weighted by Crippen LogP contribution is 2.36. The van der Waals surface area contributed by atoms with Crippen molar-refractivity contribution < 1.29 is 26.4 Å². The molecule has 1 amide bonds. The van der Waals surface area contributed by atoms with Crippen LogP contribution in [0.15, 0.2) is 69.8 Å². The lowest BCUT2D eigenvalue weighted by molar-refractivity contribution is -0.137. The summed E-state index contributed by atoms with van der Waals surface area (Å²) in [5.41, 5.74) is -1.19. The van der Waals surface area contributed by atoms with Gasteiger partial charge in [0.15, 0.2) is 0 Å². The highest BCUT2D eigenvalue weighted by molar-refractivity contribution is 7.93. The van der Waals surface area contributed by atoms with E-state index in [1.807, 2.05) is 0 Å². The molecule has 0 saturated carbocycles. The number of halogens is 3. The SMILES string of the molecule is Cc1cc(NC(=O)c2ccccc2C(F)(F)F)sc1S(=O)(=O)c1ccccc1. The van der Waals surface area contributed by atoms with Crippen LogP contribution >= 0.6 is 11.3 Å². The van der Waals surface area contributed by atoms with Gasteiger partial charge in [0.2, 0.25) is 9.84 Å². The maximum Gasteiger partial charge on any atom is 0.417 e. The number of sulfone groups is 1. The van der Waals surface area contributed by atoms with Crippen molar-refractivity contribution in [2.24, 2.45) is 0 Å². The number of aryl methyl sites for hydroxylation is 1. The summed E-state index contributed by atoms with van der Waals surface area (Å²) in [6.07, 6.45) is -4.68. The van der Waals surface area contributed by atoms with Crippen LogP contribution in [0.2, 0.25) is 0 Å². The van der Waals surface area contributed by atoms with Crippen LogP contribution in [0.4, 0.5) is 18.2 Å². The van der Waals surface area contributed by atoms with E-state index >= 15 is 0 Å². The zero-order chi connectivity index (χ0) is 20.5. The summed E-state index contributed by atoms with van der Waals surface area (Å²) in [5.74, 6) is -0.960. The molecule has 3 aromatic rings. The van der Waals surface area contributed by atoms with Crippen LogP contribution in [0.5, 0.6) is 0 Å². The topological polar surface area (TPSA) is 63.2 Å². The molecule has 1 heterocycles. The van der Waals surface area contributed by atoms with Crippen molar-refractivity contribution in [2.45, 2.75) is 22.2 Å². The predicted octanol–water partition coefficient (Wildman–Crippen LogP) is 5.16. The summed E-state index contributed by atoms with van der Waals surface area (Å²) in [4.78, 5) is 12.5. The Morgan fingerprint density at radius 3 is 2.25 bits per heavy atom. The average Bonchev–Trinajstić information content (AvgIpc) is 3.02. The molecule has 0 bridgehead atoms. The van der Waals surface area contributed by atoms with Crippen LogP contribution in [0.1, 0.15) is 21.5 Å². The average molecular weight is 425 g/mol. The molecule has 9 heteroatoms. The van der Waals surface area contributed by atoms with Crippen LogP contribution < -0.4 is 5.32 Å². The standard InChI is InChI=1S/C19H14F3NO3S2/c1-12-11-16(27-18(12)28(25,26)13-7-3-2-4-8-13)23-17(24)14-9-5-6-10-15(14)19(20,21)22/h2-11H,1H3,(H,23,24). The van der Waals surface area contributed by atoms with Crippen molar-refractivity contribution in [3.63, 3.8) is 0 Å². The molecular formula is C19H14F3NO3S2. The lowest BCUT2D eigenvalue weighted by Gasteiger charge is -2.11. The van der Waals surface area contributed by atoms with Crippen molar-refractivity contribution in [3.05, 3.63) is 77.4 Å². The third-order valence-electron chi connectivity index (χ3n) is 3.88. The molecule has 1 aromatic heterocycles. The van der Waals surface area contributed by atoms with E-state index < -0.39 is 33.0 Å². The first-order valence-electron chi connectivity index (χ1n) is 7.99. The van der Waals surface area contributed by atoms with Crippen LogP contribution in [0.3, 0.4) is 0 Å². The first-order valence-corrected chi connectivity index (χ1v) is 10.3. The third kappa shape index (κ3) is 3.95. The van der Waals surface area contributed by atoms with E-state index in [1.165, 1.54) is 30.3 Å². The number of benzene rings is 2. The van der Waals surface area contributed by atoms with Gasteiger partial charge in [0.1, 0.15) is 4.21 Å². The number of anilines is 1. The van der Waals surface area contributed by atoms with E-state index in [2.05, 4.69) is 5.32 Å². The smallest absolute Gasteiger partial charge is 0.314 e. The summed E-state index contributed by atoms with van der Waals surface area (Å²) in [7, 11) is -3.79. The minimum absolute atomic E-state index is 0.0260. The van der Waals surface area contributed by atoms with E-state index in [4.69, 9.17) is 0 Å². The molecule has 2 aromatic carbocycles. The minimum Gasteiger partial charge on any atom is -0.314 e. The van der Waals surface area contributed by atoms with Gasteiger partial charge in [-0.15, -0.1) is 11.3 Å². The molecule has 0 aliphatic rings. The summed E-state index contributed by atoms with van der Waals surface area (Å²) in [6, 6.07) is 13.6. The Labute approximate surface area is 163 Å². The second kappa shape index (κ2) is 7.40. The lowest BCUT2D eigenvalue weighted by Crippen LogP contribution is -2.18. The van der Waals surface area contributed by atoms with Crippen LogP contribution in [-0.4, -0.2) is 14.3 Å². The van der Waals surface area contributed by atoms with Gasteiger partial charge < -0.3 is 5.32 Å². The molecule has 1 N–H and O–H groups in total. The van der Waals surface area contributed by atoms with Gasteiger partial charge >= 0.3 is 6.18 Å². The molecule has 0 radical (unpaired) electrons. The van der Waals surface area contributed by atoms with Gasteiger partial charge in [-0.1, -0.05) is 30.3 Å². The molecule has 3 rings (SSSR count). The van der Waals surface area contributed by atoms with Crippen molar-refractivity contribution in [1.29, 1.82) is 0 Å². The monoisotopic (exact) mass is 425 g/mol. The molecule has 28 heavy (non-hydrogen) atoms. The number of rotatable bonds is 4. The zero-order valence-corrected chi connectivity index (χ0v) is 16.1. The van der Waals surface area contributed by atoms with E-state index in [9.17, 15) is 26.4 Å². The van der Waals surface area contributed by atoms with E-state index in [-0.39, 0.29) is 14.1 Å². The zero-order valence-electron chi connectivity index (χ0n) is 14.4. The number of alkyl halides is 3. The second-order valence-corrected chi connectivity index (χ2v) is 9.09. The van der Waals surface area contributed by atoms with Crippen molar-refractivity contribution in [1.82, 2.24) is 0 Å². The Hall–Kier alpha value is -2.65. The number of amides is 1. The van der Waals surface area contributed by atoms with Gasteiger partial charge in [-0.2, -0.15) is 13.2 Å². The Morgan fingerprint density at radius 1 is 1.00 bits per heavy atom. The fourth-order valence-corrected chi connectivity index (χ4v) is 5.62. The third-order valence-corrected chi connectivity index (χ3v) is 7.44. The van der Waals surface area contributed by atoms with Crippen molar-refractivity contribution >= 4 is 32.1 Å². The molecule has 146 valence electrons. The first kappa shape index (κ1) is 20.1. The quantitative estimate of drug-likeness (QED) is 0.628. The number of hydrogen-bond acceptors (Lipinski definition) is 4. The first-order chi connectivity index (χ1) is 13.1. The Morgan fingerprint density at radius 2 is 1.61 bits per heavy atom. The highest BCUT2D eigenvalue weighted by Gasteiger charge is 2.35. The molecular weight excluding hydrogens is 411 g/mol. The number of thiophene rings is 1. The molecule has 0 saturated heterocycles. The molecule has 0 fully saturated rings. The lowest BCUT2D eigenvalue weighted by atomic mass is 10.1. The van der Waals surface area contributed by atoms with E-state index in [0.717, 1.165) is 23.5 Å². The number of hydrogen-bond donors (Lipinski definition) is 1. The second-order valence-electron chi connectivity index (χ2n) is 5.90. The highest BCUT2D eigenvalue weighted by atomic mass is 32.2. The summed E-state index contributed by atoms with van der Waals surface area (Å²) >= 11 is 0.796. The van der Waals surface area contributed by atoms with Crippen LogP contribution in [0.25, 0.3) is 0 Å². The summed E-state index contributed by atoms with van der Waals surface area (Å²) < 4.78 is 64.9. The molecule has 0 unspecified atom stereocenters. The van der Waals surface area contributed by atoms with Gasteiger partial charge in [-0.05, 0) is 42.8 Å². The molecule has 0 spiro atoms. The van der Waals surface area contributed by atoms with Crippen molar-refractivity contribution in [3.8, 4) is 0 Å². The predicted molar refractivity (Wildman–Crippen MR) is 100 cm³/mol. The van der Waals surface area contributed by atoms with E-state index in [1.54, 1.807) is 25.1 Å². The Balaban J connectivity index is 1.93. The summed E-state index contributed by atoms with van der Waals surface area (Å²) in [6.45, 7) is 1.56. The number of nitrogens with one attached hydrogen (secondary N) is 1. The number of carbonyl (C=O) groups excluding carboxylic acids is 1. The summed E-state index contributed by atoms with van der Waals surface area (Å²) in [5, 5.41) is 2.52. The van der Waals surface area contributed by atoms with Crippen LogP contribution in [-0.2, 0) is 16.0 Å². The Kier molecular flexibility index (Phi) is 5.31. The minimum atomic E-state index is -4.68. The van der Waals surface area contributed by atoms with Gasteiger partial charge in [-0.3, -0.25) is 4.79 Å². The maximum atomic E-state index is 13.1. The van der Waals surface area contributed by atoms with Crippen LogP contribution in [0, 0.1) is 6.92 Å². The number of carbonyl (C=O) groups is 1. The normalized spacial score (nSPS) is 12.0. The van der Waals surface area contributed by atoms with Crippen molar-refractivity contribution in [2.75, 3.05) is 5.32 Å². The van der Waals surface area contributed by atoms with Gasteiger partial charge in [0, 0.05) is 0 Å². The maximum absolute atomic E-state index is 13.1. The molecule has 4 nitrogen and oxygen atoms in total. The molecule has 0 atom stereocenters. The van der Waals surface area contributed by atoms with Gasteiger partial charge in [0.05, 0.1) is 21.0 Å². The van der Waals surface area contributed by atoms with E-state index in [0.29, 0.717) is 5.56 Å². The van der Waals surface area contributed by atoms with Gasteiger partial charge in [0.25, 0.3) is 5.91 Å². The fourth-order valence-electron chi connectivity index (χ4n) is 2.61. The molecule has 0 aliphatic heterocycles. The molecule has 0 aliphatic carbocycles. The fraction of sp³-hybridized carbons (Fsp3) is 0.105. The largest absolute Gasteiger partial charge is 0.417 e. The van der Waals surface area contributed by atoms with Gasteiger partial charge in [-0.25, -0.2) is 8.42 Å².